The van der Waals surface area contributed by atoms with Crippen molar-refractivity contribution in [3.05, 3.63) is 12.2 Å². The van der Waals surface area contributed by atoms with E-state index in [4.69, 9.17) is 0 Å². The predicted molar refractivity (Wildman–Crippen MR) is 58.4 cm³/mol. The van der Waals surface area contributed by atoms with Crippen LogP contribution in [0.25, 0.3) is 0 Å². The van der Waals surface area contributed by atoms with Crippen LogP contribution in [0.1, 0.15) is 27.2 Å². The highest BCUT2D eigenvalue weighted by Crippen LogP contribution is 2.26. The highest BCUT2D eigenvalue weighted by molar-refractivity contribution is 6.15. The van der Waals surface area contributed by atoms with E-state index in [1.54, 1.807) is 20.8 Å². The lowest BCUT2D eigenvalue weighted by atomic mass is 10.0. The minimum absolute atomic E-state index is 0.00166. The van der Waals surface area contributed by atoms with Gasteiger partial charge in [-0.1, -0.05) is 6.58 Å². The van der Waals surface area contributed by atoms with Gasteiger partial charge in [-0.05, 0) is 20.8 Å². The molecule has 16 heavy (non-hydrogen) atoms. The quantitative estimate of drug-likeness (QED) is 0.550. The molecule has 5 heteroatoms. The van der Waals surface area contributed by atoms with Gasteiger partial charge in [-0.25, -0.2) is 0 Å². The fraction of sp³-hybridized carbons (Fsp3) is 0.545. The summed E-state index contributed by atoms with van der Waals surface area (Å²) in [5.74, 6) is -1.17. The van der Waals surface area contributed by atoms with Crippen molar-refractivity contribution in [3.63, 3.8) is 0 Å². The van der Waals surface area contributed by atoms with Gasteiger partial charge in [0.05, 0.1) is 6.42 Å². The summed E-state index contributed by atoms with van der Waals surface area (Å²) < 4.78 is 0. The van der Waals surface area contributed by atoms with Crippen LogP contribution in [-0.2, 0) is 14.4 Å². The fourth-order valence-electron chi connectivity index (χ4n) is 1.65. The van der Waals surface area contributed by atoms with E-state index >= 15 is 0 Å². The smallest absolute Gasteiger partial charge is 0.257 e. The number of amides is 3. The van der Waals surface area contributed by atoms with E-state index in [1.165, 1.54) is 0 Å². The first-order valence-electron chi connectivity index (χ1n) is 5.15. The Morgan fingerprint density at radius 2 is 2.06 bits per heavy atom. The lowest BCUT2D eigenvalue weighted by Gasteiger charge is -2.31. The van der Waals surface area contributed by atoms with E-state index in [2.05, 4.69) is 11.9 Å². The fourth-order valence-corrected chi connectivity index (χ4v) is 1.65. The van der Waals surface area contributed by atoms with E-state index in [9.17, 15) is 14.4 Å². The first-order chi connectivity index (χ1) is 7.32. The van der Waals surface area contributed by atoms with Crippen LogP contribution in [-0.4, -0.2) is 34.7 Å². The van der Waals surface area contributed by atoms with Crippen LogP contribution in [0, 0.1) is 0 Å². The SMILES string of the molecule is C=C1CC(=O)N(C(C)(C)C(=O)NCC)C1=O. The Morgan fingerprint density at radius 1 is 1.50 bits per heavy atom. The number of hydrogen-bond donors (Lipinski definition) is 1. The molecule has 0 aromatic carbocycles. The van der Waals surface area contributed by atoms with Crippen LogP contribution in [0.3, 0.4) is 0 Å². The van der Waals surface area contributed by atoms with E-state index in [1.807, 2.05) is 0 Å². The zero-order valence-electron chi connectivity index (χ0n) is 9.79. The van der Waals surface area contributed by atoms with Gasteiger partial charge in [0.2, 0.25) is 11.8 Å². The van der Waals surface area contributed by atoms with Crippen molar-refractivity contribution < 1.29 is 14.4 Å². The van der Waals surface area contributed by atoms with Gasteiger partial charge in [-0.3, -0.25) is 19.3 Å². The molecule has 1 fully saturated rings. The van der Waals surface area contributed by atoms with Gasteiger partial charge in [0, 0.05) is 12.1 Å². The van der Waals surface area contributed by atoms with E-state index < -0.39 is 11.4 Å². The Labute approximate surface area is 94.5 Å². The molecule has 0 atom stereocenters. The summed E-state index contributed by atoms with van der Waals surface area (Å²) in [6.07, 6.45) is 0.00166. The second kappa shape index (κ2) is 4.08. The molecule has 0 aromatic heterocycles. The molecule has 0 saturated carbocycles. The van der Waals surface area contributed by atoms with Gasteiger partial charge < -0.3 is 5.32 Å². The molecule has 0 aliphatic carbocycles. The molecule has 1 aliphatic rings. The Hall–Kier alpha value is -1.65. The maximum Gasteiger partial charge on any atom is 0.257 e. The summed E-state index contributed by atoms with van der Waals surface area (Å²) in [7, 11) is 0. The lowest BCUT2D eigenvalue weighted by molar-refractivity contribution is -0.151. The normalized spacial score (nSPS) is 16.9. The molecule has 0 spiro atoms. The number of likely N-dealkylation sites (tertiary alicyclic amines) is 1. The maximum absolute atomic E-state index is 11.8. The van der Waals surface area contributed by atoms with Gasteiger partial charge in [0.1, 0.15) is 5.54 Å². The van der Waals surface area contributed by atoms with Crippen molar-refractivity contribution in [2.45, 2.75) is 32.7 Å². The number of imide groups is 1. The number of nitrogens with one attached hydrogen (secondary N) is 1. The largest absolute Gasteiger partial charge is 0.354 e. The van der Waals surface area contributed by atoms with Crippen LogP contribution in [0.2, 0.25) is 0 Å². The number of carbonyl (C=O) groups excluding carboxylic acids is 3. The molecule has 0 radical (unpaired) electrons. The lowest BCUT2D eigenvalue weighted by Crippen LogP contribution is -2.56. The van der Waals surface area contributed by atoms with Crippen molar-refractivity contribution in [2.75, 3.05) is 6.54 Å². The van der Waals surface area contributed by atoms with Gasteiger partial charge in [-0.15, -0.1) is 0 Å². The molecule has 1 N–H and O–H groups in total. The van der Waals surface area contributed by atoms with Crippen LogP contribution in [0.15, 0.2) is 12.2 Å². The average Bonchev–Trinajstić information content (AvgIpc) is 2.41. The summed E-state index contributed by atoms with van der Waals surface area (Å²) >= 11 is 0. The highest BCUT2D eigenvalue weighted by Gasteiger charge is 2.46. The highest BCUT2D eigenvalue weighted by atomic mass is 16.2. The number of carbonyl (C=O) groups is 3. The monoisotopic (exact) mass is 224 g/mol. The van der Waals surface area contributed by atoms with E-state index in [0.717, 1.165) is 4.90 Å². The molecule has 1 aliphatic heterocycles. The van der Waals surface area contributed by atoms with Crippen molar-refractivity contribution in [1.29, 1.82) is 0 Å². The molecule has 0 aromatic rings. The second-order valence-electron chi connectivity index (χ2n) is 4.23. The van der Waals surface area contributed by atoms with Gasteiger partial charge >= 0.3 is 0 Å². The molecular formula is C11H16N2O3. The Bertz CT molecular complexity index is 371. The third kappa shape index (κ3) is 1.85. The van der Waals surface area contributed by atoms with E-state index in [0.29, 0.717) is 6.54 Å². The number of nitrogens with zero attached hydrogens (tertiary/aromatic N) is 1. The molecule has 1 rings (SSSR count). The molecule has 5 nitrogen and oxygen atoms in total. The Balaban J connectivity index is 2.99. The molecule has 1 saturated heterocycles. The molecular weight excluding hydrogens is 208 g/mol. The average molecular weight is 224 g/mol. The van der Waals surface area contributed by atoms with Gasteiger partial charge in [0.25, 0.3) is 5.91 Å². The van der Waals surface area contributed by atoms with Crippen LogP contribution < -0.4 is 5.32 Å². The van der Waals surface area contributed by atoms with Crippen molar-refractivity contribution in [2.24, 2.45) is 0 Å². The third-order valence-electron chi connectivity index (χ3n) is 2.57. The minimum atomic E-state index is -1.16. The van der Waals surface area contributed by atoms with Gasteiger partial charge in [-0.2, -0.15) is 0 Å². The first kappa shape index (κ1) is 12.4. The molecule has 0 bridgehead atoms. The zero-order chi connectivity index (χ0) is 12.5. The van der Waals surface area contributed by atoms with E-state index in [-0.39, 0.29) is 23.8 Å². The standard InChI is InChI=1S/C11H16N2O3/c1-5-12-10(16)11(3,4)13-8(14)6-7(2)9(13)15/h2,5-6H2,1,3-4H3,(H,12,16). The topological polar surface area (TPSA) is 66.5 Å². The summed E-state index contributed by atoms with van der Waals surface area (Å²) in [5, 5.41) is 2.60. The summed E-state index contributed by atoms with van der Waals surface area (Å²) in [4.78, 5) is 36.1. The van der Waals surface area contributed by atoms with Crippen molar-refractivity contribution >= 4 is 17.7 Å². The second-order valence-corrected chi connectivity index (χ2v) is 4.23. The molecule has 0 unspecified atom stereocenters. The van der Waals surface area contributed by atoms with Crippen molar-refractivity contribution in [1.82, 2.24) is 10.2 Å². The third-order valence-corrected chi connectivity index (χ3v) is 2.57. The minimum Gasteiger partial charge on any atom is -0.354 e. The Morgan fingerprint density at radius 3 is 2.44 bits per heavy atom. The maximum atomic E-state index is 11.8. The summed E-state index contributed by atoms with van der Waals surface area (Å²) in [6.45, 7) is 8.84. The predicted octanol–water partition coefficient (Wildman–Crippen LogP) is 0.216. The molecule has 88 valence electrons. The van der Waals surface area contributed by atoms with Crippen LogP contribution in [0.5, 0.6) is 0 Å². The Kier molecular flexibility index (Phi) is 3.16. The molecule has 1 heterocycles. The number of likely N-dealkylation sites (N-methyl/N-ethyl adjacent to an activating group) is 1. The van der Waals surface area contributed by atoms with Gasteiger partial charge in [0.15, 0.2) is 0 Å². The number of hydrogen-bond acceptors (Lipinski definition) is 3. The number of rotatable bonds is 3. The van der Waals surface area contributed by atoms with Crippen molar-refractivity contribution in [3.8, 4) is 0 Å². The van der Waals surface area contributed by atoms with Crippen LogP contribution >= 0.6 is 0 Å². The summed E-state index contributed by atoms with van der Waals surface area (Å²) in [6, 6.07) is 0. The summed E-state index contributed by atoms with van der Waals surface area (Å²) in [5.41, 5.74) is -0.925. The molecule has 3 amide bonds. The first-order valence-corrected chi connectivity index (χ1v) is 5.15. The zero-order valence-corrected chi connectivity index (χ0v) is 9.79. The van der Waals surface area contributed by atoms with Crippen LogP contribution in [0.4, 0.5) is 0 Å².